The summed E-state index contributed by atoms with van der Waals surface area (Å²) in [5.74, 6) is -0.140. The molecule has 0 bridgehead atoms. The lowest BCUT2D eigenvalue weighted by Crippen LogP contribution is -2.22. The first-order chi connectivity index (χ1) is 7.22. The van der Waals surface area contributed by atoms with Crippen LogP contribution in [0, 0.1) is 5.92 Å². The van der Waals surface area contributed by atoms with Gasteiger partial charge in [-0.2, -0.15) is 0 Å². The van der Waals surface area contributed by atoms with Crippen molar-refractivity contribution in [2.45, 2.75) is 19.3 Å². The summed E-state index contributed by atoms with van der Waals surface area (Å²) in [6.07, 6.45) is 2.16. The van der Waals surface area contributed by atoms with Crippen LogP contribution in [0.4, 0.5) is 0 Å². The van der Waals surface area contributed by atoms with E-state index in [2.05, 4.69) is 6.07 Å². The third-order valence-corrected chi connectivity index (χ3v) is 3.01. The van der Waals surface area contributed by atoms with Crippen LogP contribution in [0.2, 0.25) is 0 Å². The molecule has 0 amide bonds. The van der Waals surface area contributed by atoms with Gasteiger partial charge < -0.3 is 9.84 Å². The molecule has 80 valence electrons. The van der Waals surface area contributed by atoms with Gasteiger partial charge in [-0.1, -0.05) is 12.1 Å². The Balaban J connectivity index is 2.34. The van der Waals surface area contributed by atoms with Crippen molar-refractivity contribution < 1.29 is 14.6 Å². The lowest BCUT2D eigenvalue weighted by molar-refractivity contribution is -0.142. The molecule has 0 saturated heterocycles. The Labute approximate surface area is 88.7 Å². The number of hydrogen-bond donors (Lipinski definition) is 1. The molecular weight excluding hydrogens is 192 g/mol. The molecule has 0 spiro atoms. The van der Waals surface area contributed by atoms with Gasteiger partial charge in [-0.15, -0.1) is 0 Å². The summed E-state index contributed by atoms with van der Waals surface area (Å²) in [6.45, 7) is 0. The monoisotopic (exact) mass is 206 g/mol. The number of carboxylic acids is 1. The molecule has 0 aromatic heterocycles. The van der Waals surface area contributed by atoms with E-state index in [1.807, 2.05) is 12.1 Å². The number of carboxylic acid groups (broad SMARTS) is 1. The van der Waals surface area contributed by atoms with Crippen LogP contribution < -0.4 is 4.74 Å². The van der Waals surface area contributed by atoms with Crippen molar-refractivity contribution in [1.82, 2.24) is 0 Å². The summed E-state index contributed by atoms with van der Waals surface area (Å²) in [6, 6.07) is 5.90. The van der Waals surface area contributed by atoms with Crippen molar-refractivity contribution >= 4 is 5.97 Å². The standard InChI is InChI=1S/C12H14O3/c1-15-11-4-2-3-8-5-6-9(12(13)14)7-10(8)11/h2-4,9H,5-7H2,1H3,(H,13,14)/t9-/m0/s1. The maximum absolute atomic E-state index is 10.9. The molecule has 1 atom stereocenters. The predicted molar refractivity (Wildman–Crippen MR) is 56.1 cm³/mol. The number of ether oxygens (including phenoxy) is 1. The first-order valence-electron chi connectivity index (χ1n) is 5.10. The van der Waals surface area contributed by atoms with E-state index in [0.717, 1.165) is 24.2 Å². The van der Waals surface area contributed by atoms with Crippen LogP contribution in [0.3, 0.4) is 0 Å². The fourth-order valence-corrected chi connectivity index (χ4v) is 2.16. The summed E-state index contributed by atoms with van der Waals surface area (Å²) in [4.78, 5) is 10.9. The first kappa shape index (κ1) is 10.0. The number of fused-ring (bicyclic) bond motifs is 1. The van der Waals surface area contributed by atoms with E-state index in [4.69, 9.17) is 9.84 Å². The maximum Gasteiger partial charge on any atom is 0.306 e. The highest BCUT2D eigenvalue weighted by Gasteiger charge is 2.25. The van der Waals surface area contributed by atoms with Gasteiger partial charge in [-0.25, -0.2) is 0 Å². The highest BCUT2D eigenvalue weighted by atomic mass is 16.5. The number of carbonyl (C=O) groups is 1. The Bertz CT molecular complexity index is 370. The molecule has 0 fully saturated rings. The number of methoxy groups -OCH3 is 1. The molecule has 3 nitrogen and oxygen atoms in total. The van der Waals surface area contributed by atoms with Crippen molar-refractivity contribution in [3.8, 4) is 5.75 Å². The number of aryl methyl sites for hydroxylation is 1. The van der Waals surface area contributed by atoms with Crippen LogP contribution in [-0.2, 0) is 17.6 Å². The third-order valence-electron chi connectivity index (χ3n) is 3.01. The van der Waals surface area contributed by atoms with E-state index >= 15 is 0 Å². The van der Waals surface area contributed by atoms with Crippen LogP contribution in [0.1, 0.15) is 17.5 Å². The normalized spacial score (nSPS) is 19.4. The van der Waals surface area contributed by atoms with E-state index in [-0.39, 0.29) is 5.92 Å². The van der Waals surface area contributed by atoms with Gasteiger partial charge in [0.2, 0.25) is 0 Å². The van der Waals surface area contributed by atoms with E-state index < -0.39 is 5.97 Å². The highest BCUT2D eigenvalue weighted by molar-refractivity contribution is 5.71. The number of rotatable bonds is 2. The van der Waals surface area contributed by atoms with Gasteiger partial charge in [0.15, 0.2) is 0 Å². The van der Waals surface area contributed by atoms with E-state index in [1.54, 1.807) is 7.11 Å². The lowest BCUT2D eigenvalue weighted by atomic mass is 9.83. The Morgan fingerprint density at radius 3 is 3.00 bits per heavy atom. The average molecular weight is 206 g/mol. The summed E-state index contributed by atoms with van der Waals surface area (Å²) in [5.41, 5.74) is 2.30. The van der Waals surface area contributed by atoms with Crippen molar-refractivity contribution in [3.63, 3.8) is 0 Å². The molecule has 1 N–H and O–H groups in total. The summed E-state index contributed by atoms with van der Waals surface area (Å²) in [7, 11) is 1.62. The minimum atomic E-state index is -0.702. The molecule has 15 heavy (non-hydrogen) atoms. The van der Waals surface area contributed by atoms with Crippen LogP contribution >= 0.6 is 0 Å². The van der Waals surface area contributed by atoms with Crippen molar-refractivity contribution in [2.75, 3.05) is 7.11 Å². The van der Waals surface area contributed by atoms with Gasteiger partial charge in [-0.3, -0.25) is 4.79 Å². The van der Waals surface area contributed by atoms with Crippen molar-refractivity contribution in [3.05, 3.63) is 29.3 Å². The van der Waals surface area contributed by atoms with Crippen LogP contribution in [0.25, 0.3) is 0 Å². The van der Waals surface area contributed by atoms with Crippen LogP contribution in [0.5, 0.6) is 5.75 Å². The lowest BCUT2D eigenvalue weighted by Gasteiger charge is -2.23. The highest BCUT2D eigenvalue weighted by Crippen LogP contribution is 2.32. The van der Waals surface area contributed by atoms with Gasteiger partial charge in [-0.05, 0) is 36.5 Å². The third kappa shape index (κ3) is 1.82. The quantitative estimate of drug-likeness (QED) is 0.803. The molecule has 1 aliphatic carbocycles. The zero-order valence-corrected chi connectivity index (χ0v) is 8.69. The largest absolute Gasteiger partial charge is 0.496 e. The molecule has 1 aliphatic rings. The fraction of sp³-hybridized carbons (Fsp3) is 0.417. The number of aliphatic carboxylic acids is 1. The summed E-state index contributed by atoms with van der Waals surface area (Å²) < 4.78 is 5.25. The molecule has 0 aliphatic heterocycles. The minimum Gasteiger partial charge on any atom is -0.496 e. The van der Waals surface area contributed by atoms with E-state index in [0.29, 0.717) is 6.42 Å². The van der Waals surface area contributed by atoms with Gasteiger partial charge >= 0.3 is 5.97 Å². The van der Waals surface area contributed by atoms with Gasteiger partial charge in [0.1, 0.15) is 5.75 Å². The second-order valence-electron chi connectivity index (χ2n) is 3.88. The van der Waals surface area contributed by atoms with E-state index in [1.165, 1.54) is 5.56 Å². The molecule has 0 saturated carbocycles. The molecule has 1 aromatic rings. The molecule has 1 aromatic carbocycles. The second-order valence-corrected chi connectivity index (χ2v) is 3.88. The van der Waals surface area contributed by atoms with E-state index in [9.17, 15) is 4.79 Å². The second kappa shape index (κ2) is 3.93. The smallest absolute Gasteiger partial charge is 0.306 e. The molecular formula is C12H14O3. The topological polar surface area (TPSA) is 46.5 Å². The predicted octanol–water partition coefficient (Wildman–Crippen LogP) is 1.88. The SMILES string of the molecule is COc1cccc2c1C[C@@H](C(=O)O)CC2. The van der Waals surface area contributed by atoms with Crippen LogP contribution in [0.15, 0.2) is 18.2 Å². The molecule has 0 radical (unpaired) electrons. The maximum atomic E-state index is 10.9. The van der Waals surface area contributed by atoms with Crippen molar-refractivity contribution in [1.29, 1.82) is 0 Å². The van der Waals surface area contributed by atoms with Gasteiger partial charge in [0.25, 0.3) is 0 Å². The van der Waals surface area contributed by atoms with Crippen molar-refractivity contribution in [2.24, 2.45) is 5.92 Å². The van der Waals surface area contributed by atoms with Crippen LogP contribution in [-0.4, -0.2) is 18.2 Å². The first-order valence-corrected chi connectivity index (χ1v) is 5.10. The Morgan fingerprint density at radius 2 is 2.33 bits per heavy atom. The fourth-order valence-electron chi connectivity index (χ4n) is 2.16. The Kier molecular flexibility index (Phi) is 2.62. The average Bonchev–Trinajstić information content (AvgIpc) is 2.27. The number of hydrogen-bond acceptors (Lipinski definition) is 2. The number of benzene rings is 1. The van der Waals surface area contributed by atoms with Gasteiger partial charge in [0.05, 0.1) is 13.0 Å². The molecule has 2 rings (SSSR count). The summed E-state index contributed by atoms with van der Waals surface area (Å²) in [5, 5.41) is 8.99. The minimum absolute atomic E-state index is 0.256. The molecule has 0 unspecified atom stereocenters. The molecule has 0 heterocycles. The Morgan fingerprint density at radius 1 is 1.53 bits per heavy atom. The zero-order chi connectivity index (χ0) is 10.8. The zero-order valence-electron chi connectivity index (χ0n) is 8.69. The Hall–Kier alpha value is -1.51. The summed E-state index contributed by atoms with van der Waals surface area (Å²) >= 11 is 0. The molecule has 3 heteroatoms. The van der Waals surface area contributed by atoms with Gasteiger partial charge in [0, 0.05) is 0 Å².